The van der Waals surface area contributed by atoms with Crippen molar-refractivity contribution in [1.82, 2.24) is 14.4 Å². The number of hydrogen-bond acceptors (Lipinski definition) is 4. The van der Waals surface area contributed by atoms with Crippen LogP contribution in [0, 0.1) is 5.92 Å². The molecule has 0 spiro atoms. The number of aromatic nitrogens is 3. The van der Waals surface area contributed by atoms with E-state index in [1.807, 2.05) is 10.5 Å². The van der Waals surface area contributed by atoms with Crippen molar-refractivity contribution in [3.63, 3.8) is 0 Å². The molecular weight excluding hydrogens is 419 g/mol. The Labute approximate surface area is 182 Å². The van der Waals surface area contributed by atoms with Gasteiger partial charge in [-0.25, -0.2) is 4.98 Å². The molecule has 0 radical (unpaired) electrons. The summed E-state index contributed by atoms with van der Waals surface area (Å²) in [6.45, 7) is 0. The minimum absolute atomic E-state index is 0.00415. The Bertz CT molecular complexity index is 1310. The van der Waals surface area contributed by atoms with Crippen LogP contribution in [0.5, 0.6) is 11.5 Å². The number of alkyl halides is 3. The molecule has 0 unspecified atom stereocenters. The molecule has 1 saturated carbocycles. The van der Waals surface area contributed by atoms with Gasteiger partial charge >= 0.3 is 6.18 Å². The van der Waals surface area contributed by atoms with Gasteiger partial charge in [-0.1, -0.05) is 12.1 Å². The second-order valence-corrected chi connectivity index (χ2v) is 8.02. The van der Waals surface area contributed by atoms with Crippen molar-refractivity contribution in [3.05, 3.63) is 66.1 Å². The van der Waals surface area contributed by atoms with Crippen molar-refractivity contribution >= 4 is 5.65 Å². The van der Waals surface area contributed by atoms with Gasteiger partial charge in [-0.2, -0.15) is 13.2 Å². The maximum absolute atomic E-state index is 13.2. The summed E-state index contributed by atoms with van der Waals surface area (Å²) in [6, 6.07) is 10.2. The lowest BCUT2D eigenvalue weighted by molar-refractivity contribution is -0.137. The number of aromatic hydroxyl groups is 1. The number of rotatable bonds is 5. The number of halogens is 3. The van der Waals surface area contributed by atoms with Crippen molar-refractivity contribution < 1.29 is 23.0 Å². The molecule has 0 bridgehead atoms. The first kappa shape index (κ1) is 20.4. The van der Waals surface area contributed by atoms with E-state index in [0.717, 1.165) is 48.3 Å². The highest BCUT2D eigenvalue weighted by Crippen LogP contribution is 2.38. The summed E-state index contributed by atoms with van der Waals surface area (Å²) in [7, 11) is 1.48. The Hall–Kier alpha value is -3.55. The number of benzene rings is 2. The molecule has 0 amide bonds. The van der Waals surface area contributed by atoms with Crippen LogP contribution in [-0.4, -0.2) is 26.6 Å². The Balaban J connectivity index is 1.67. The van der Waals surface area contributed by atoms with Crippen LogP contribution in [0.1, 0.15) is 24.1 Å². The zero-order valence-electron chi connectivity index (χ0n) is 17.2. The van der Waals surface area contributed by atoms with Crippen molar-refractivity contribution in [2.75, 3.05) is 7.11 Å². The van der Waals surface area contributed by atoms with E-state index >= 15 is 0 Å². The second kappa shape index (κ2) is 7.55. The largest absolute Gasteiger partial charge is 0.504 e. The van der Waals surface area contributed by atoms with E-state index in [-0.39, 0.29) is 5.75 Å². The lowest BCUT2D eigenvalue weighted by atomic mass is 10.1. The van der Waals surface area contributed by atoms with Gasteiger partial charge in [0.15, 0.2) is 17.1 Å². The Morgan fingerprint density at radius 3 is 2.62 bits per heavy atom. The Morgan fingerprint density at radius 1 is 1.12 bits per heavy atom. The summed E-state index contributed by atoms with van der Waals surface area (Å²) >= 11 is 0. The average Bonchev–Trinajstić information content (AvgIpc) is 3.51. The summed E-state index contributed by atoms with van der Waals surface area (Å²) in [5.41, 5.74) is 3.05. The molecule has 164 valence electrons. The van der Waals surface area contributed by atoms with Crippen LogP contribution in [0.2, 0.25) is 0 Å². The zero-order chi connectivity index (χ0) is 22.5. The van der Waals surface area contributed by atoms with E-state index in [1.54, 1.807) is 30.6 Å². The number of hydrogen-bond donors (Lipinski definition) is 1. The molecule has 1 fully saturated rings. The summed E-state index contributed by atoms with van der Waals surface area (Å²) in [5.74, 6) is 0.934. The van der Waals surface area contributed by atoms with Gasteiger partial charge < -0.3 is 9.84 Å². The quantitative estimate of drug-likeness (QED) is 0.430. The summed E-state index contributed by atoms with van der Waals surface area (Å²) in [6.07, 6.45) is 1.93. The molecule has 8 heteroatoms. The topological polar surface area (TPSA) is 59.7 Å². The maximum atomic E-state index is 13.2. The molecule has 0 atom stereocenters. The normalized spacial score (nSPS) is 14.1. The number of phenols is 1. The highest BCUT2D eigenvalue weighted by atomic mass is 19.4. The molecule has 2 aromatic heterocycles. The first-order valence-corrected chi connectivity index (χ1v) is 10.3. The molecular formula is C24H20F3N3O2. The van der Waals surface area contributed by atoms with Gasteiger partial charge in [0.1, 0.15) is 0 Å². The molecule has 0 saturated heterocycles. The van der Waals surface area contributed by atoms with Gasteiger partial charge in [-0.15, -0.1) is 0 Å². The van der Waals surface area contributed by atoms with Gasteiger partial charge in [0, 0.05) is 17.3 Å². The van der Waals surface area contributed by atoms with Crippen LogP contribution in [0.3, 0.4) is 0 Å². The van der Waals surface area contributed by atoms with Gasteiger partial charge in [-0.05, 0) is 55.5 Å². The lowest BCUT2D eigenvalue weighted by Gasteiger charge is -2.10. The molecule has 4 aromatic rings. The van der Waals surface area contributed by atoms with E-state index in [2.05, 4.69) is 4.98 Å². The standard InChI is InChI=1S/C24H20F3N3O2/c1-32-21-8-7-16(11-20(21)31)23-18(9-14-5-6-14)29-22-12-28-19(13-30(22)23)15-3-2-4-17(10-15)24(25,26)27/h2-4,7-8,10-14,31H,5-6,9H2,1H3. The number of methoxy groups -OCH3 is 1. The van der Waals surface area contributed by atoms with Gasteiger partial charge in [0.2, 0.25) is 0 Å². The first-order valence-electron chi connectivity index (χ1n) is 10.3. The average molecular weight is 439 g/mol. The van der Waals surface area contributed by atoms with Crippen molar-refractivity contribution in [2.24, 2.45) is 5.92 Å². The first-order chi connectivity index (χ1) is 15.3. The molecule has 5 nitrogen and oxygen atoms in total. The highest BCUT2D eigenvalue weighted by Gasteiger charge is 2.31. The molecule has 1 aliphatic rings. The van der Waals surface area contributed by atoms with Crippen molar-refractivity contribution in [3.8, 4) is 34.0 Å². The lowest BCUT2D eigenvalue weighted by Crippen LogP contribution is -2.04. The fraction of sp³-hybridized carbons (Fsp3) is 0.250. The molecule has 5 rings (SSSR count). The molecule has 32 heavy (non-hydrogen) atoms. The summed E-state index contributed by atoms with van der Waals surface area (Å²) < 4.78 is 46.5. The minimum Gasteiger partial charge on any atom is -0.504 e. The number of nitrogens with zero attached hydrogens (tertiary/aromatic N) is 3. The molecule has 1 aliphatic carbocycles. The smallest absolute Gasteiger partial charge is 0.416 e. The third kappa shape index (κ3) is 3.77. The second-order valence-electron chi connectivity index (χ2n) is 8.02. The highest BCUT2D eigenvalue weighted by molar-refractivity contribution is 5.71. The molecule has 1 N–H and O–H groups in total. The number of fused-ring (bicyclic) bond motifs is 1. The van der Waals surface area contributed by atoms with Gasteiger partial charge in [-0.3, -0.25) is 9.38 Å². The van der Waals surface area contributed by atoms with Crippen LogP contribution < -0.4 is 4.74 Å². The predicted octanol–water partition coefficient (Wildman–Crippen LogP) is 5.75. The fourth-order valence-electron chi connectivity index (χ4n) is 3.89. The van der Waals surface area contributed by atoms with Crippen LogP contribution in [0.15, 0.2) is 54.9 Å². The van der Waals surface area contributed by atoms with Gasteiger partial charge in [0.25, 0.3) is 0 Å². The molecule has 2 aromatic carbocycles. The third-order valence-corrected chi connectivity index (χ3v) is 5.70. The molecule has 0 aliphatic heterocycles. The number of ether oxygens (including phenoxy) is 1. The fourth-order valence-corrected chi connectivity index (χ4v) is 3.89. The summed E-state index contributed by atoms with van der Waals surface area (Å²) in [4.78, 5) is 9.11. The minimum atomic E-state index is -4.43. The monoisotopic (exact) mass is 439 g/mol. The van der Waals surface area contributed by atoms with Crippen molar-refractivity contribution in [2.45, 2.75) is 25.4 Å². The number of phenolic OH excluding ortho intramolecular Hbond substituents is 1. The van der Waals surface area contributed by atoms with Crippen LogP contribution in [0.4, 0.5) is 13.2 Å². The van der Waals surface area contributed by atoms with E-state index < -0.39 is 11.7 Å². The van der Waals surface area contributed by atoms with Crippen LogP contribution >= 0.6 is 0 Å². The van der Waals surface area contributed by atoms with Gasteiger partial charge in [0.05, 0.1) is 36.0 Å². The third-order valence-electron chi connectivity index (χ3n) is 5.70. The van der Waals surface area contributed by atoms with E-state index in [0.29, 0.717) is 28.6 Å². The van der Waals surface area contributed by atoms with E-state index in [1.165, 1.54) is 13.2 Å². The van der Waals surface area contributed by atoms with E-state index in [9.17, 15) is 18.3 Å². The van der Waals surface area contributed by atoms with E-state index in [4.69, 9.17) is 9.72 Å². The SMILES string of the molecule is COc1ccc(-c2c(CC3CC3)nc3cnc(-c4cccc(C(F)(F)F)c4)cn23)cc1O. The number of imidazole rings is 1. The Morgan fingerprint density at radius 2 is 1.94 bits per heavy atom. The summed E-state index contributed by atoms with van der Waals surface area (Å²) in [5, 5.41) is 10.3. The van der Waals surface area contributed by atoms with Crippen LogP contribution in [-0.2, 0) is 12.6 Å². The zero-order valence-corrected chi connectivity index (χ0v) is 17.2. The maximum Gasteiger partial charge on any atom is 0.416 e. The Kier molecular flexibility index (Phi) is 4.80. The van der Waals surface area contributed by atoms with Crippen LogP contribution in [0.25, 0.3) is 28.2 Å². The van der Waals surface area contributed by atoms with Crippen molar-refractivity contribution in [1.29, 1.82) is 0 Å². The molecule has 2 heterocycles. The predicted molar refractivity (Wildman–Crippen MR) is 114 cm³/mol.